The van der Waals surface area contributed by atoms with Crippen LogP contribution >= 0.6 is 0 Å². The van der Waals surface area contributed by atoms with Crippen LogP contribution in [0.2, 0.25) is 0 Å². The van der Waals surface area contributed by atoms with E-state index in [1.807, 2.05) is 0 Å². The van der Waals surface area contributed by atoms with Gasteiger partial charge in [-0.1, -0.05) is 0 Å². The number of carbonyl (C=O) groups is 1. The number of hydrogen-bond donors (Lipinski definition) is 2. The lowest BCUT2D eigenvalue weighted by Gasteiger charge is -2.71. The molecule has 3 saturated carbocycles. The predicted octanol–water partition coefficient (Wildman–Crippen LogP) is -0.402. The Balaban J connectivity index is 2.32. The third-order valence-corrected chi connectivity index (χ3v) is 2.93. The minimum atomic E-state index is -3.06. The van der Waals surface area contributed by atoms with Crippen molar-refractivity contribution in [1.82, 2.24) is 0 Å². The molecule has 4 N–H and O–H groups in total. The lowest BCUT2D eigenvalue weighted by Crippen LogP contribution is -2.90. The van der Waals surface area contributed by atoms with Crippen molar-refractivity contribution in [3.05, 3.63) is 0 Å². The highest BCUT2D eigenvalue weighted by atomic mass is 19.3. The minimum absolute atomic E-state index is 0.0440. The van der Waals surface area contributed by atoms with E-state index in [0.717, 1.165) is 0 Å². The van der Waals surface area contributed by atoms with Crippen molar-refractivity contribution in [2.45, 2.75) is 24.3 Å². The average molecular weight is 162 g/mol. The molecule has 11 heavy (non-hydrogen) atoms. The van der Waals surface area contributed by atoms with Crippen LogP contribution in [0.1, 0.15) is 12.8 Å². The third-order valence-electron chi connectivity index (χ3n) is 2.93. The highest BCUT2D eigenvalue weighted by Crippen LogP contribution is 2.74. The Morgan fingerprint density at radius 2 is 1.82 bits per heavy atom. The molecule has 0 unspecified atom stereocenters. The first-order chi connectivity index (χ1) is 4.86. The first kappa shape index (κ1) is 6.97. The standard InChI is InChI=1S/C6H8F2N2O/c7-6(8)4(3(9)11)1-5(6,10)2-4/h1-2,10H2,(H2,9,11). The summed E-state index contributed by atoms with van der Waals surface area (Å²) in [6.45, 7) is 0. The van der Waals surface area contributed by atoms with Crippen LogP contribution in [0.4, 0.5) is 8.78 Å². The van der Waals surface area contributed by atoms with Crippen LogP contribution in [0.5, 0.6) is 0 Å². The summed E-state index contributed by atoms with van der Waals surface area (Å²) in [6.07, 6.45) is 0.0880. The second-order valence-corrected chi connectivity index (χ2v) is 3.53. The van der Waals surface area contributed by atoms with E-state index in [1.165, 1.54) is 0 Å². The minimum Gasteiger partial charge on any atom is -0.369 e. The van der Waals surface area contributed by atoms with E-state index in [1.54, 1.807) is 0 Å². The van der Waals surface area contributed by atoms with Crippen molar-refractivity contribution < 1.29 is 13.6 Å². The zero-order valence-corrected chi connectivity index (χ0v) is 5.73. The monoisotopic (exact) mass is 162 g/mol. The number of amides is 1. The van der Waals surface area contributed by atoms with Gasteiger partial charge in [-0.25, -0.2) is 8.78 Å². The smallest absolute Gasteiger partial charge is 0.280 e. The molecule has 2 bridgehead atoms. The maximum atomic E-state index is 12.8. The van der Waals surface area contributed by atoms with Crippen molar-refractivity contribution in [3.8, 4) is 0 Å². The number of halogens is 2. The van der Waals surface area contributed by atoms with E-state index in [2.05, 4.69) is 0 Å². The number of carbonyl (C=O) groups excluding carboxylic acids is 1. The molecule has 3 rings (SSSR count). The van der Waals surface area contributed by atoms with Crippen LogP contribution in [0, 0.1) is 5.41 Å². The summed E-state index contributed by atoms with van der Waals surface area (Å²) in [5.74, 6) is -3.99. The highest BCUT2D eigenvalue weighted by Gasteiger charge is 2.89. The molecule has 5 heteroatoms. The van der Waals surface area contributed by atoms with Crippen LogP contribution in [0.15, 0.2) is 0 Å². The van der Waals surface area contributed by atoms with Crippen molar-refractivity contribution in [3.63, 3.8) is 0 Å². The van der Waals surface area contributed by atoms with Gasteiger partial charge in [0.15, 0.2) is 0 Å². The Kier molecular flexibility index (Phi) is 0.814. The number of alkyl halides is 2. The molecular weight excluding hydrogens is 154 g/mol. The number of rotatable bonds is 1. The first-order valence-electron chi connectivity index (χ1n) is 3.32. The molecule has 0 aromatic heterocycles. The van der Waals surface area contributed by atoms with Crippen LogP contribution < -0.4 is 11.5 Å². The van der Waals surface area contributed by atoms with Crippen molar-refractivity contribution >= 4 is 5.91 Å². The lowest BCUT2D eigenvalue weighted by molar-refractivity contribution is -0.341. The molecule has 3 fully saturated rings. The second kappa shape index (κ2) is 1.29. The van der Waals surface area contributed by atoms with Crippen molar-refractivity contribution in [2.75, 3.05) is 0 Å². The number of primary amides is 1. The summed E-state index contributed by atoms with van der Waals surface area (Å²) in [6, 6.07) is 0. The predicted molar refractivity (Wildman–Crippen MR) is 32.7 cm³/mol. The zero-order chi connectivity index (χ0) is 8.49. The quantitative estimate of drug-likeness (QED) is 0.550. The van der Waals surface area contributed by atoms with Crippen LogP contribution in [-0.4, -0.2) is 17.4 Å². The highest BCUT2D eigenvalue weighted by molar-refractivity contribution is 5.87. The maximum absolute atomic E-state index is 12.8. The fraction of sp³-hybridized carbons (Fsp3) is 0.833. The van der Waals surface area contributed by atoms with Gasteiger partial charge in [-0.15, -0.1) is 0 Å². The molecule has 0 heterocycles. The molecule has 0 aliphatic heterocycles. The third kappa shape index (κ3) is 0.396. The van der Waals surface area contributed by atoms with Crippen LogP contribution in [0.25, 0.3) is 0 Å². The van der Waals surface area contributed by atoms with Gasteiger partial charge in [0.1, 0.15) is 5.41 Å². The van der Waals surface area contributed by atoms with Gasteiger partial charge in [0.05, 0.1) is 5.54 Å². The average Bonchev–Trinajstić information content (AvgIpc) is 1.81. The van der Waals surface area contributed by atoms with E-state index in [-0.39, 0.29) is 12.8 Å². The molecule has 62 valence electrons. The normalized spacial score (nSPS) is 50.8. The Morgan fingerprint density at radius 3 is 1.91 bits per heavy atom. The molecule has 3 nitrogen and oxygen atoms in total. The number of nitrogens with two attached hydrogens (primary N) is 2. The maximum Gasteiger partial charge on any atom is 0.280 e. The van der Waals surface area contributed by atoms with Gasteiger partial charge in [0.25, 0.3) is 5.92 Å². The summed E-state index contributed by atoms with van der Waals surface area (Å²) >= 11 is 0. The van der Waals surface area contributed by atoms with Gasteiger partial charge < -0.3 is 11.5 Å². The molecular formula is C6H8F2N2O. The van der Waals surface area contributed by atoms with E-state index < -0.39 is 22.8 Å². The van der Waals surface area contributed by atoms with Crippen LogP contribution in [-0.2, 0) is 4.79 Å². The fourth-order valence-electron chi connectivity index (χ4n) is 2.06. The van der Waals surface area contributed by atoms with Gasteiger partial charge >= 0.3 is 0 Å². The summed E-state index contributed by atoms with van der Waals surface area (Å²) in [4.78, 5) is 10.6. The molecule has 0 radical (unpaired) electrons. The van der Waals surface area contributed by atoms with Gasteiger partial charge in [0, 0.05) is 0 Å². The van der Waals surface area contributed by atoms with E-state index in [0.29, 0.717) is 0 Å². The van der Waals surface area contributed by atoms with Gasteiger partial charge in [-0.05, 0) is 12.8 Å². The molecule has 3 aliphatic rings. The van der Waals surface area contributed by atoms with Crippen molar-refractivity contribution in [2.24, 2.45) is 16.9 Å². The SMILES string of the molecule is NC(=O)C12CC(N)(C1)C2(F)F. The van der Waals surface area contributed by atoms with Gasteiger partial charge in [-0.3, -0.25) is 4.79 Å². The Labute approximate surface area is 61.7 Å². The number of hydrogen-bond acceptors (Lipinski definition) is 2. The van der Waals surface area contributed by atoms with Gasteiger partial charge in [-0.2, -0.15) is 0 Å². The van der Waals surface area contributed by atoms with E-state index in [4.69, 9.17) is 11.5 Å². The molecule has 3 aliphatic carbocycles. The summed E-state index contributed by atoms with van der Waals surface area (Å²) in [5.41, 5.74) is 7.04. The largest absolute Gasteiger partial charge is 0.369 e. The molecule has 0 spiro atoms. The molecule has 0 aromatic rings. The zero-order valence-electron chi connectivity index (χ0n) is 5.73. The molecule has 1 amide bonds. The Bertz CT molecular complexity index is 245. The summed E-state index contributed by atoms with van der Waals surface area (Å²) in [5, 5.41) is 0. The first-order valence-corrected chi connectivity index (χ1v) is 3.32. The second-order valence-electron chi connectivity index (χ2n) is 3.53. The van der Waals surface area contributed by atoms with E-state index in [9.17, 15) is 13.6 Å². The van der Waals surface area contributed by atoms with Gasteiger partial charge in [0.2, 0.25) is 5.91 Å². The van der Waals surface area contributed by atoms with Crippen molar-refractivity contribution in [1.29, 1.82) is 0 Å². The lowest BCUT2D eigenvalue weighted by atomic mass is 9.36. The summed E-state index contributed by atoms with van der Waals surface area (Å²) in [7, 11) is 0. The van der Waals surface area contributed by atoms with Crippen LogP contribution in [0.3, 0.4) is 0 Å². The molecule has 0 aromatic carbocycles. The summed E-state index contributed by atoms with van der Waals surface area (Å²) < 4.78 is 25.7. The fourth-order valence-corrected chi connectivity index (χ4v) is 2.06. The Hall–Kier alpha value is -0.710. The molecule has 0 atom stereocenters. The Morgan fingerprint density at radius 1 is 1.36 bits per heavy atom. The molecule has 0 saturated heterocycles. The van der Waals surface area contributed by atoms with E-state index >= 15 is 0 Å². The topological polar surface area (TPSA) is 69.1 Å².